The number of ether oxygens (including phenoxy) is 1. The van der Waals surface area contributed by atoms with Crippen molar-refractivity contribution in [2.75, 3.05) is 20.6 Å². The summed E-state index contributed by atoms with van der Waals surface area (Å²) >= 11 is 0. The van der Waals surface area contributed by atoms with Gasteiger partial charge < -0.3 is 30.6 Å². The van der Waals surface area contributed by atoms with Crippen LogP contribution in [0.15, 0.2) is 60.9 Å². The predicted octanol–water partition coefficient (Wildman–Crippen LogP) is 3.85. The highest BCUT2D eigenvalue weighted by Crippen LogP contribution is 2.28. The summed E-state index contributed by atoms with van der Waals surface area (Å²) in [6.07, 6.45) is 6.43. The summed E-state index contributed by atoms with van der Waals surface area (Å²) in [4.78, 5) is 62.9. The zero-order valence-corrected chi connectivity index (χ0v) is 29.4. The lowest BCUT2D eigenvalue weighted by molar-refractivity contribution is -0.144. The Morgan fingerprint density at radius 3 is 2.47 bits per heavy atom. The fourth-order valence-electron chi connectivity index (χ4n) is 6.72. The zero-order valence-electron chi connectivity index (χ0n) is 29.4. The highest BCUT2D eigenvalue weighted by atomic mass is 16.5. The van der Waals surface area contributed by atoms with E-state index in [2.05, 4.69) is 34.8 Å². The van der Waals surface area contributed by atoms with Crippen molar-refractivity contribution in [2.45, 2.75) is 83.6 Å². The lowest BCUT2D eigenvalue weighted by Gasteiger charge is -2.33. The number of H-pyrrole nitrogens is 1. The van der Waals surface area contributed by atoms with E-state index in [1.807, 2.05) is 87.6 Å². The van der Waals surface area contributed by atoms with Crippen LogP contribution in [0.5, 0.6) is 5.75 Å². The Balaban J connectivity index is 1.51. The molecule has 6 rings (SSSR count). The Labute approximate surface area is 288 Å². The molecule has 0 radical (unpaired) electrons. The number of nitrogens with one attached hydrogen (secondary N) is 4. The van der Waals surface area contributed by atoms with Gasteiger partial charge in [0.25, 0.3) is 0 Å². The fraction of sp³-hybridized carbons (Fsp3) is 0.474. The summed E-state index contributed by atoms with van der Waals surface area (Å²) < 4.78 is 6.40. The number of rotatable bonds is 10. The largest absolute Gasteiger partial charge is 0.488 e. The van der Waals surface area contributed by atoms with Gasteiger partial charge in [-0.1, -0.05) is 64.4 Å². The molecule has 4 N–H and O–H groups in total. The molecule has 6 atom stereocenters. The number of hydrogen-bond donors (Lipinski definition) is 4. The van der Waals surface area contributed by atoms with E-state index in [1.165, 1.54) is 4.90 Å². The highest BCUT2D eigenvalue weighted by Gasteiger charge is 2.47. The first kappa shape index (κ1) is 35.7. The standard InChI is InChI=1S/C38H50N6O5/c1-7-24(4)33-36(46)39-18-16-25-12-14-27(15-13-25)49-32-17-19-44(34(32)37(47)42-33)38(48)30(41-35(45)31(43(5)6)20-23(2)3)21-26-22-40-29-11-9-8-10-28(26)29/h8-16,18,22-24,30-34,40H,7,17,19-21H2,1-6H3,(H,39,46)(H,41,45)(H,42,47). The van der Waals surface area contributed by atoms with Crippen molar-refractivity contribution in [1.82, 2.24) is 30.7 Å². The van der Waals surface area contributed by atoms with Crippen LogP contribution >= 0.6 is 0 Å². The molecule has 262 valence electrons. The van der Waals surface area contributed by atoms with Gasteiger partial charge in [-0.3, -0.25) is 24.1 Å². The van der Waals surface area contributed by atoms with Gasteiger partial charge in [0, 0.05) is 42.7 Å². The van der Waals surface area contributed by atoms with Gasteiger partial charge in [0.05, 0.1) is 6.04 Å². The van der Waals surface area contributed by atoms with Gasteiger partial charge in [-0.15, -0.1) is 0 Å². The minimum Gasteiger partial charge on any atom is -0.488 e. The maximum absolute atomic E-state index is 14.8. The number of para-hydroxylation sites is 1. The average molecular weight is 671 g/mol. The molecule has 4 heterocycles. The van der Waals surface area contributed by atoms with Crippen molar-refractivity contribution in [3.63, 3.8) is 0 Å². The van der Waals surface area contributed by atoms with E-state index in [9.17, 15) is 19.2 Å². The second kappa shape index (κ2) is 15.7. The number of aromatic amines is 1. The number of amides is 4. The smallest absolute Gasteiger partial charge is 0.247 e. The molecular formula is C38H50N6O5. The molecule has 11 nitrogen and oxygen atoms in total. The Kier molecular flexibility index (Phi) is 11.4. The summed E-state index contributed by atoms with van der Waals surface area (Å²) in [6, 6.07) is 11.9. The van der Waals surface area contributed by atoms with E-state index >= 15 is 0 Å². The van der Waals surface area contributed by atoms with Crippen molar-refractivity contribution < 1.29 is 23.9 Å². The maximum atomic E-state index is 14.8. The van der Waals surface area contributed by atoms with Gasteiger partial charge in [-0.25, -0.2) is 0 Å². The first-order valence-corrected chi connectivity index (χ1v) is 17.3. The molecule has 3 aliphatic heterocycles. The van der Waals surface area contributed by atoms with E-state index < -0.39 is 36.2 Å². The van der Waals surface area contributed by atoms with Crippen molar-refractivity contribution in [3.05, 3.63) is 72.1 Å². The van der Waals surface area contributed by atoms with E-state index in [1.54, 1.807) is 12.3 Å². The van der Waals surface area contributed by atoms with Crippen molar-refractivity contribution in [3.8, 4) is 5.75 Å². The monoisotopic (exact) mass is 670 g/mol. The van der Waals surface area contributed by atoms with Gasteiger partial charge in [0.15, 0.2) is 0 Å². The van der Waals surface area contributed by atoms with Crippen molar-refractivity contribution >= 4 is 40.6 Å². The molecule has 0 spiro atoms. The van der Waals surface area contributed by atoms with Crippen LogP contribution in [0, 0.1) is 11.8 Å². The molecule has 6 unspecified atom stereocenters. The summed E-state index contributed by atoms with van der Waals surface area (Å²) in [5, 5.41) is 9.82. The average Bonchev–Trinajstić information content (AvgIpc) is 3.69. The van der Waals surface area contributed by atoms with Gasteiger partial charge in [0.1, 0.15) is 30.0 Å². The molecule has 0 saturated carbocycles. The Morgan fingerprint density at radius 2 is 1.78 bits per heavy atom. The van der Waals surface area contributed by atoms with Crippen molar-refractivity contribution in [2.24, 2.45) is 11.8 Å². The molecule has 49 heavy (non-hydrogen) atoms. The Bertz CT molecular complexity index is 1660. The van der Waals surface area contributed by atoms with E-state index in [0.717, 1.165) is 22.0 Å². The number of carbonyl (C=O) groups excluding carboxylic acids is 4. The number of likely N-dealkylation sites (tertiary alicyclic amines) is 1. The molecule has 4 amide bonds. The van der Waals surface area contributed by atoms with E-state index in [-0.39, 0.29) is 42.5 Å². The lowest BCUT2D eigenvalue weighted by Crippen LogP contribution is -2.60. The molecule has 3 aromatic rings. The third kappa shape index (κ3) is 8.33. The summed E-state index contributed by atoms with van der Waals surface area (Å²) in [5.41, 5.74) is 2.68. The molecule has 2 aromatic carbocycles. The minimum absolute atomic E-state index is 0.175. The van der Waals surface area contributed by atoms with Gasteiger partial charge in [-0.05, 0) is 67.8 Å². The molecule has 2 bridgehead atoms. The first-order chi connectivity index (χ1) is 23.5. The van der Waals surface area contributed by atoms with Crippen LogP contribution in [0.3, 0.4) is 0 Å². The maximum Gasteiger partial charge on any atom is 0.247 e. The van der Waals surface area contributed by atoms with Crippen LogP contribution in [0.4, 0.5) is 0 Å². The van der Waals surface area contributed by atoms with E-state index in [4.69, 9.17) is 4.74 Å². The number of fused-ring (bicyclic) bond motifs is 8. The SMILES string of the molecule is CCC(C)C1NC(=O)C2C(CCN2C(=O)C(Cc2c[nH]c3ccccc23)NC(=O)C(CC(C)C)N(C)C)Oc2ccc(cc2)C=CNC1=O. The van der Waals surface area contributed by atoms with Crippen LogP contribution in [-0.4, -0.2) is 89.3 Å². The molecule has 1 fully saturated rings. The zero-order chi connectivity index (χ0) is 35.2. The molecule has 1 aromatic heterocycles. The number of likely N-dealkylation sites (N-methyl/N-ethyl adjacent to an activating group) is 1. The molecule has 0 aliphatic carbocycles. The number of benzene rings is 2. The number of aromatic nitrogens is 1. The second-order valence-corrected chi connectivity index (χ2v) is 13.9. The number of hydrogen-bond acceptors (Lipinski definition) is 6. The van der Waals surface area contributed by atoms with Crippen LogP contribution in [0.1, 0.15) is 58.1 Å². The van der Waals surface area contributed by atoms with Crippen LogP contribution in [0.2, 0.25) is 0 Å². The highest BCUT2D eigenvalue weighted by molar-refractivity contribution is 5.96. The third-order valence-corrected chi connectivity index (χ3v) is 9.69. The topological polar surface area (TPSA) is 136 Å². The molecule has 11 heteroatoms. The van der Waals surface area contributed by atoms with Crippen molar-refractivity contribution in [1.29, 1.82) is 0 Å². The molecular weight excluding hydrogens is 620 g/mol. The first-order valence-electron chi connectivity index (χ1n) is 17.3. The van der Waals surface area contributed by atoms with E-state index in [0.29, 0.717) is 25.0 Å². The molecule has 1 saturated heterocycles. The number of nitrogens with zero attached hydrogens (tertiary/aromatic N) is 2. The third-order valence-electron chi connectivity index (χ3n) is 9.69. The lowest BCUT2D eigenvalue weighted by atomic mass is 9.97. The van der Waals surface area contributed by atoms with Gasteiger partial charge in [0.2, 0.25) is 23.6 Å². The Hall–Kier alpha value is -4.64. The summed E-state index contributed by atoms with van der Waals surface area (Å²) in [7, 11) is 3.72. The predicted molar refractivity (Wildman–Crippen MR) is 190 cm³/mol. The summed E-state index contributed by atoms with van der Waals surface area (Å²) in [6.45, 7) is 8.23. The molecule has 3 aliphatic rings. The van der Waals surface area contributed by atoms with Crippen LogP contribution in [-0.2, 0) is 25.6 Å². The van der Waals surface area contributed by atoms with Crippen LogP contribution < -0.4 is 20.7 Å². The van der Waals surface area contributed by atoms with Gasteiger partial charge in [-0.2, -0.15) is 0 Å². The minimum atomic E-state index is -1.03. The van der Waals surface area contributed by atoms with Crippen LogP contribution in [0.25, 0.3) is 17.0 Å². The Morgan fingerprint density at radius 1 is 1.04 bits per heavy atom. The quantitative estimate of drug-likeness (QED) is 0.259. The second-order valence-electron chi connectivity index (χ2n) is 13.9. The fourth-order valence-corrected chi connectivity index (χ4v) is 6.72. The summed E-state index contributed by atoms with van der Waals surface area (Å²) in [5.74, 6) is -0.795. The van der Waals surface area contributed by atoms with Gasteiger partial charge >= 0.3 is 0 Å². The normalized spacial score (nSPS) is 21.5. The number of carbonyl (C=O) groups is 4.